The molecule has 2 nitrogen and oxygen atoms in total. The number of hydrogen-bond donors (Lipinski definition) is 1. The molecule has 1 fully saturated rings. The Morgan fingerprint density at radius 3 is 2.39 bits per heavy atom. The third-order valence-electron chi connectivity index (χ3n) is 4.21. The first-order chi connectivity index (χ1) is 8.49. The van der Waals surface area contributed by atoms with Gasteiger partial charge in [-0.2, -0.15) is 0 Å². The monoisotopic (exact) mass is 267 g/mol. The highest BCUT2D eigenvalue weighted by Gasteiger charge is 2.33. The lowest BCUT2D eigenvalue weighted by molar-refractivity contribution is 0.289. The van der Waals surface area contributed by atoms with Crippen LogP contribution in [0, 0.1) is 13.8 Å². The lowest BCUT2D eigenvalue weighted by atomic mass is 9.76. The first kappa shape index (κ1) is 13.7. The lowest BCUT2D eigenvalue weighted by Crippen LogP contribution is -2.39. The fourth-order valence-corrected chi connectivity index (χ4v) is 3.20. The van der Waals surface area contributed by atoms with E-state index in [1.807, 2.05) is 6.92 Å². The fourth-order valence-electron chi connectivity index (χ4n) is 2.87. The van der Waals surface area contributed by atoms with Crippen molar-refractivity contribution in [1.82, 2.24) is 0 Å². The van der Waals surface area contributed by atoms with Gasteiger partial charge in [0.15, 0.2) is 0 Å². The molecule has 0 saturated heterocycles. The molecular weight excluding hydrogens is 246 g/mol. The molecule has 1 saturated carbocycles. The van der Waals surface area contributed by atoms with Crippen molar-refractivity contribution in [2.45, 2.75) is 51.5 Å². The zero-order valence-electron chi connectivity index (χ0n) is 11.5. The Morgan fingerprint density at radius 2 is 1.83 bits per heavy atom. The smallest absolute Gasteiger partial charge is 0.142 e. The Kier molecular flexibility index (Phi) is 3.88. The van der Waals surface area contributed by atoms with Gasteiger partial charge in [0.1, 0.15) is 5.75 Å². The van der Waals surface area contributed by atoms with Crippen LogP contribution in [0.25, 0.3) is 0 Å². The molecule has 0 atom stereocenters. The van der Waals surface area contributed by atoms with Crippen molar-refractivity contribution in [2.75, 3.05) is 7.11 Å². The van der Waals surface area contributed by atoms with Crippen molar-refractivity contribution in [3.8, 4) is 5.75 Å². The van der Waals surface area contributed by atoms with Crippen LogP contribution in [-0.4, -0.2) is 7.11 Å². The Balaban J connectivity index is 2.55. The van der Waals surface area contributed by atoms with Crippen molar-refractivity contribution >= 4 is 11.6 Å². The van der Waals surface area contributed by atoms with Crippen molar-refractivity contribution in [1.29, 1.82) is 0 Å². The topological polar surface area (TPSA) is 35.2 Å². The Morgan fingerprint density at radius 1 is 1.22 bits per heavy atom. The van der Waals surface area contributed by atoms with E-state index in [4.69, 9.17) is 22.1 Å². The van der Waals surface area contributed by atoms with E-state index in [0.717, 1.165) is 29.7 Å². The van der Waals surface area contributed by atoms with Gasteiger partial charge in [-0.1, -0.05) is 36.9 Å². The fraction of sp³-hybridized carbons (Fsp3) is 0.600. The van der Waals surface area contributed by atoms with Gasteiger partial charge >= 0.3 is 0 Å². The van der Waals surface area contributed by atoms with Gasteiger partial charge in [-0.25, -0.2) is 0 Å². The lowest BCUT2D eigenvalue weighted by Gasteiger charge is -2.35. The standard InChI is InChI=1S/C15H22ClNO/c1-10-9-12(14(18-3)13(16)11(10)2)15(17)7-5-4-6-8-15/h9H,4-8,17H2,1-3H3. The van der Waals surface area contributed by atoms with Crippen molar-refractivity contribution in [2.24, 2.45) is 5.73 Å². The van der Waals surface area contributed by atoms with Gasteiger partial charge < -0.3 is 10.5 Å². The summed E-state index contributed by atoms with van der Waals surface area (Å²) in [6.45, 7) is 4.10. The Labute approximate surface area is 114 Å². The highest BCUT2D eigenvalue weighted by atomic mass is 35.5. The van der Waals surface area contributed by atoms with Crippen LogP contribution in [-0.2, 0) is 5.54 Å². The van der Waals surface area contributed by atoms with Crippen LogP contribution in [0.1, 0.15) is 48.8 Å². The van der Waals surface area contributed by atoms with Crippen molar-refractivity contribution in [3.05, 3.63) is 27.8 Å². The van der Waals surface area contributed by atoms with Crippen molar-refractivity contribution in [3.63, 3.8) is 0 Å². The number of rotatable bonds is 2. The maximum Gasteiger partial charge on any atom is 0.142 e. The van der Waals surface area contributed by atoms with Crippen molar-refractivity contribution < 1.29 is 4.74 Å². The zero-order chi connectivity index (χ0) is 13.3. The summed E-state index contributed by atoms with van der Waals surface area (Å²) < 4.78 is 5.52. The molecule has 100 valence electrons. The summed E-state index contributed by atoms with van der Waals surface area (Å²) in [6, 6.07) is 2.16. The summed E-state index contributed by atoms with van der Waals surface area (Å²) in [7, 11) is 1.67. The molecule has 0 heterocycles. The first-order valence-corrected chi connectivity index (χ1v) is 7.00. The molecule has 2 rings (SSSR count). The van der Waals surface area contributed by atoms with E-state index in [-0.39, 0.29) is 5.54 Å². The summed E-state index contributed by atoms with van der Waals surface area (Å²) in [5.74, 6) is 0.768. The number of hydrogen-bond acceptors (Lipinski definition) is 2. The van der Waals surface area contributed by atoms with E-state index in [9.17, 15) is 0 Å². The highest BCUT2D eigenvalue weighted by Crippen LogP contribution is 2.44. The maximum atomic E-state index is 6.61. The van der Waals surface area contributed by atoms with Crippen LogP contribution >= 0.6 is 11.6 Å². The summed E-state index contributed by atoms with van der Waals surface area (Å²) in [6.07, 6.45) is 5.68. The third kappa shape index (κ3) is 2.24. The molecule has 0 bridgehead atoms. The average molecular weight is 268 g/mol. The zero-order valence-corrected chi connectivity index (χ0v) is 12.2. The van der Waals surface area contributed by atoms with E-state index in [1.165, 1.54) is 24.8 Å². The molecule has 3 heteroatoms. The van der Waals surface area contributed by atoms with Crippen LogP contribution in [0.15, 0.2) is 6.07 Å². The van der Waals surface area contributed by atoms with Crippen LogP contribution < -0.4 is 10.5 Å². The maximum absolute atomic E-state index is 6.61. The summed E-state index contributed by atoms with van der Waals surface area (Å²) >= 11 is 6.40. The molecule has 1 aliphatic rings. The van der Waals surface area contributed by atoms with Gasteiger partial charge in [0, 0.05) is 11.1 Å². The van der Waals surface area contributed by atoms with Crippen LogP contribution in [0.5, 0.6) is 5.75 Å². The van der Waals surface area contributed by atoms with E-state index in [1.54, 1.807) is 7.11 Å². The second-order valence-corrected chi connectivity index (χ2v) is 5.81. The van der Waals surface area contributed by atoms with Gasteiger partial charge in [0.25, 0.3) is 0 Å². The average Bonchev–Trinajstić information content (AvgIpc) is 2.36. The molecule has 0 aromatic heterocycles. The minimum Gasteiger partial charge on any atom is -0.495 e. The van der Waals surface area contributed by atoms with E-state index in [2.05, 4.69) is 13.0 Å². The second kappa shape index (κ2) is 5.10. The largest absolute Gasteiger partial charge is 0.495 e. The Bertz CT molecular complexity index is 450. The third-order valence-corrected chi connectivity index (χ3v) is 4.67. The summed E-state index contributed by atoms with van der Waals surface area (Å²) in [5.41, 5.74) is 9.68. The summed E-state index contributed by atoms with van der Waals surface area (Å²) in [4.78, 5) is 0. The molecule has 0 radical (unpaired) electrons. The highest BCUT2D eigenvalue weighted by molar-refractivity contribution is 6.33. The molecule has 0 amide bonds. The van der Waals surface area contributed by atoms with E-state index >= 15 is 0 Å². The van der Waals surface area contributed by atoms with Gasteiger partial charge in [-0.3, -0.25) is 0 Å². The molecule has 1 aromatic carbocycles. The van der Waals surface area contributed by atoms with Crippen LogP contribution in [0.2, 0.25) is 5.02 Å². The van der Waals surface area contributed by atoms with E-state index < -0.39 is 0 Å². The minimum absolute atomic E-state index is 0.272. The molecule has 0 spiro atoms. The predicted octanol–water partition coefficient (Wildman–Crippen LogP) is 4.08. The molecule has 0 unspecified atom stereocenters. The van der Waals surface area contributed by atoms with E-state index in [0.29, 0.717) is 5.02 Å². The molecule has 1 aromatic rings. The number of ether oxygens (including phenoxy) is 1. The molecule has 2 N–H and O–H groups in total. The number of benzene rings is 1. The van der Waals surface area contributed by atoms with Crippen LogP contribution in [0.4, 0.5) is 0 Å². The first-order valence-electron chi connectivity index (χ1n) is 6.62. The quantitative estimate of drug-likeness (QED) is 0.876. The predicted molar refractivity (Wildman–Crippen MR) is 76.4 cm³/mol. The minimum atomic E-state index is -0.272. The summed E-state index contributed by atoms with van der Waals surface area (Å²) in [5, 5.41) is 0.711. The number of halogens is 1. The molecular formula is C15H22ClNO. The van der Waals surface area contributed by atoms with Gasteiger partial charge in [0.2, 0.25) is 0 Å². The van der Waals surface area contributed by atoms with Gasteiger partial charge in [-0.05, 0) is 37.8 Å². The normalized spacial score (nSPS) is 18.7. The molecule has 18 heavy (non-hydrogen) atoms. The van der Waals surface area contributed by atoms with Gasteiger partial charge in [-0.15, -0.1) is 0 Å². The second-order valence-electron chi connectivity index (χ2n) is 5.43. The van der Waals surface area contributed by atoms with Gasteiger partial charge in [0.05, 0.1) is 12.1 Å². The molecule has 1 aliphatic carbocycles. The molecule has 0 aliphatic heterocycles. The Hall–Kier alpha value is -0.730. The number of aryl methyl sites for hydroxylation is 1. The SMILES string of the molecule is COc1c(C2(N)CCCCC2)cc(C)c(C)c1Cl. The number of nitrogens with two attached hydrogens (primary N) is 1. The number of methoxy groups -OCH3 is 1. The van der Waals surface area contributed by atoms with Crippen LogP contribution in [0.3, 0.4) is 0 Å².